The van der Waals surface area contributed by atoms with Gasteiger partial charge in [0.1, 0.15) is 5.82 Å². The normalized spacial score (nSPS) is 10.8. The van der Waals surface area contributed by atoms with Crippen LogP contribution < -0.4 is 5.73 Å². The number of carbonyl (C=O) groups excluding carboxylic acids is 1. The Hall–Kier alpha value is -1.46. The fourth-order valence-electron chi connectivity index (χ4n) is 1.83. The van der Waals surface area contributed by atoms with Gasteiger partial charge in [-0.1, -0.05) is 6.07 Å². The van der Waals surface area contributed by atoms with Gasteiger partial charge >= 0.3 is 5.97 Å². The molecule has 1 aromatic carbocycles. The summed E-state index contributed by atoms with van der Waals surface area (Å²) in [6.45, 7) is 3.68. The Kier molecular flexibility index (Phi) is 6.45. The second-order valence-electron chi connectivity index (χ2n) is 4.41. The van der Waals surface area contributed by atoms with E-state index in [9.17, 15) is 9.18 Å². The third-order valence-corrected chi connectivity index (χ3v) is 2.83. The zero-order valence-electron chi connectivity index (χ0n) is 11.5. The van der Waals surface area contributed by atoms with E-state index in [0.29, 0.717) is 32.7 Å². The molecule has 0 bridgehead atoms. The number of ether oxygens (including phenoxy) is 1. The highest BCUT2D eigenvalue weighted by molar-refractivity contribution is 5.69. The summed E-state index contributed by atoms with van der Waals surface area (Å²) in [4.78, 5) is 13.2. The van der Waals surface area contributed by atoms with E-state index in [1.165, 1.54) is 12.1 Å². The quantitative estimate of drug-likeness (QED) is 0.764. The monoisotopic (exact) mass is 268 g/mol. The van der Waals surface area contributed by atoms with Crippen LogP contribution in [0.15, 0.2) is 18.2 Å². The molecule has 106 valence electrons. The largest absolute Gasteiger partial charge is 0.466 e. The van der Waals surface area contributed by atoms with Gasteiger partial charge in [-0.05, 0) is 37.2 Å². The van der Waals surface area contributed by atoms with Crippen LogP contribution in [0.2, 0.25) is 0 Å². The molecule has 2 N–H and O–H groups in total. The number of esters is 1. The van der Waals surface area contributed by atoms with Crippen LogP contribution in [-0.2, 0) is 22.6 Å². The fourth-order valence-corrected chi connectivity index (χ4v) is 1.83. The maximum atomic E-state index is 13.2. The van der Waals surface area contributed by atoms with Crippen molar-refractivity contribution in [3.05, 3.63) is 35.1 Å². The lowest BCUT2D eigenvalue weighted by atomic mass is 10.1. The van der Waals surface area contributed by atoms with Gasteiger partial charge in [-0.25, -0.2) is 4.39 Å². The summed E-state index contributed by atoms with van der Waals surface area (Å²) < 4.78 is 18.1. The molecule has 0 radical (unpaired) electrons. The van der Waals surface area contributed by atoms with E-state index < -0.39 is 0 Å². The first kappa shape index (κ1) is 15.6. The lowest BCUT2D eigenvalue weighted by Crippen LogP contribution is -2.23. The molecular formula is C14H21FN2O2. The van der Waals surface area contributed by atoms with Crippen molar-refractivity contribution in [2.45, 2.75) is 26.4 Å². The number of halogens is 1. The molecule has 0 spiro atoms. The van der Waals surface area contributed by atoms with Crippen molar-refractivity contribution in [1.82, 2.24) is 4.90 Å². The third kappa shape index (κ3) is 5.36. The number of rotatable bonds is 7. The first-order valence-corrected chi connectivity index (χ1v) is 6.38. The topological polar surface area (TPSA) is 55.6 Å². The predicted octanol–water partition coefficient (Wildman–Crippen LogP) is 1.67. The van der Waals surface area contributed by atoms with E-state index in [4.69, 9.17) is 10.5 Å². The first-order valence-electron chi connectivity index (χ1n) is 6.38. The molecule has 1 rings (SSSR count). The molecule has 0 aliphatic carbocycles. The average molecular weight is 268 g/mol. The molecule has 0 amide bonds. The molecule has 0 fully saturated rings. The molecule has 19 heavy (non-hydrogen) atoms. The van der Waals surface area contributed by atoms with Gasteiger partial charge in [0.05, 0.1) is 13.0 Å². The lowest BCUT2D eigenvalue weighted by molar-refractivity contribution is -0.143. The third-order valence-electron chi connectivity index (χ3n) is 2.83. The van der Waals surface area contributed by atoms with Gasteiger partial charge in [0.15, 0.2) is 0 Å². The summed E-state index contributed by atoms with van der Waals surface area (Å²) in [5.41, 5.74) is 7.40. The molecule has 0 atom stereocenters. The summed E-state index contributed by atoms with van der Waals surface area (Å²) in [5.74, 6) is -0.487. The van der Waals surface area contributed by atoms with Crippen molar-refractivity contribution >= 4 is 5.97 Å². The van der Waals surface area contributed by atoms with Gasteiger partial charge in [0.2, 0.25) is 0 Å². The first-order chi connectivity index (χ1) is 9.06. The van der Waals surface area contributed by atoms with Gasteiger partial charge in [0, 0.05) is 19.6 Å². The summed E-state index contributed by atoms with van der Waals surface area (Å²) in [5, 5.41) is 0. The van der Waals surface area contributed by atoms with E-state index >= 15 is 0 Å². The maximum absolute atomic E-state index is 13.2. The molecule has 0 aromatic heterocycles. The molecule has 0 aliphatic heterocycles. The maximum Gasteiger partial charge on any atom is 0.307 e. The van der Waals surface area contributed by atoms with Crippen molar-refractivity contribution in [2.24, 2.45) is 5.73 Å². The highest BCUT2D eigenvalue weighted by Crippen LogP contribution is 2.13. The Morgan fingerprint density at radius 2 is 2.16 bits per heavy atom. The highest BCUT2D eigenvalue weighted by Gasteiger charge is 2.09. The van der Waals surface area contributed by atoms with E-state index in [1.54, 1.807) is 13.0 Å². The molecule has 0 unspecified atom stereocenters. The van der Waals surface area contributed by atoms with Crippen LogP contribution in [0.3, 0.4) is 0 Å². The number of benzene rings is 1. The van der Waals surface area contributed by atoms with Crippen molar-refractivity contribution < 1.29 is 13.9 Å². The summed E-state index contributed by atoms with van der Waals surface area (Å²) in [6.07, 6.45) is 0.331. The second kappa shape index (κ2) is 7.86. The van der Waals surface area contributed by atoms with Crippen molar-refractivity contribution in [3.8, 4) is 0 Å². The van der Waals surface area contributed by atoms with E-state index in [1.807, 2.05) is 11.9 Å². The molecule has 0 heterocycles. The Labute approximate surface area is 113 Å². The second-order valence-corrected chi connectivity index (χ2v) is 4.41. The zero-order valence-corrected chi connectivity index (χ0v) is 11.5. The molecular weight excluding hydrogens is 247 g/mol. The zero-order chi connectivity index (χ0) is 14.3. The Bertz CT molecular complexity index is 424. The van der Waals surface area contributed by atoms with Crippen LogP contribution in [-0.4, -0.2) is 31.1 Å². The van der Waals surface area contributed by atoms with Crippen molar-refractivity contribution in [3.63, 3.8) is 0 Å². The van der Waals surface area contributed by atoms with E-state index in [0.717, 1.165) is 11.1 Å². The average Bonchev–Trinajstić information content (AvgIpc) is 2.37. The number of hydrogen-bond acceptors (Lipinski definition) is 4. The molecule has 1 aromatic rings. The van der Waals surface area contributed by atoms with Gasteiger partial charge in [-0.15, -0.1) is 0 Å². The highest BCUT2D eigenvalue weighted by atomic mass is 19.1. The van der Waals surface area contributed by atoms with Crippen LogP contribution in [0.1, 0.15) is 24.5 Å². The SMILES string of the molecule is CCOC(=O)CCN(C)Cc1cc(F)ccc1CN. The standard InChI is InChI=1S/C14H21FN2O2/c1-3-19-14(18)6-7-17(2)10-12-8-13(15)5-4-11(12)9-16/h4-5,8H,3,6-7,9-10,16H2,1-2H3. The van der Waals surface area contributed by atoms with Crippen LogP contribution in [0, 0.1) is 5.82 Å². The number of nitrogens with two attached hydrogens (primary N) is 1. The number of carbonyl (C=O) groups is 1. The molecule has 0 saturated carbocycles. The minimum absolute atomic E-state index is 0.215. The minimum Gasteiger partial charge on any atom is -0.466 e. The van der Waals surface area contributed by atoms with Gasteiger partial charge in [-0.2, -0.15) is 0 Å². The van der Waals surface area contributed by atoms with Gasteiger partial charge in [0.25, 0.3) is 0 Å². The smallest absolute Gasteiger partial charge is 0.307 e. The Balaban J connectivity index is 2.54. The van der Waals surface area contributed by atoms with Crippen molar-refractivity contribution in [2.75, 3.05) is 20.2 Å². The van der Waals surface area contributed by atoms with Gasteiger partial charge < -0.3 is 15.4 Å². The molecule has 5 heteroatoms. The van der Waals surface area contributed by atoms with Gasteiger partial charge in [-0.3, -0.25) is 4.79 Å². The minimum atomic E-state index is -0.272. The van der Waals surface area contributed by atoms with Crippen LogP contribution in [0.25, 0.3) is 0 Å². The molecule has 0 aliphatic rings. The van der Waals surface area contributed by atoms with E-state index in [2.05, 4.69) is 0 Å². The summed E-state index contributed by atoms with van der Waals surface area (Å²) >= 11 is 0. The van der Waals surface area contributed by atoms with E-state index in [-0.39, 0.29) is 11.8 Å². The van der Waals surface area contributed by atoms with Crippen LogP contribution in [0.4, 0.5) is 4.39 Å². The Morgan fingerprint density at radius 3 is 2.79 bits per heavy atom. The number of nitrogens with zero attached hydrogens (tertiary/aromatic N) is 1. The molecule has 0 saturated heterocycles. The van der Waals surface area contributed by atoms with Crippen LogP contribution >= 0.6 is 0 Å². The lowest BCUT2D eigenvalue weighted by Gasteiger charge is -2.18. The molecule has 4 nitrogen and oxygen atoms in total. The fraction of sp³-hybridized carbons (Fsp3) is 0.500. The van der Waals surface area contributed by atoms with Crippen LogP contribution in [0.5, 0.6) is 0 Å². The summed E-state index contributed by atoms with van der Waals surface area (Å²) in [7, 11) is 1.88. The predicted molar refractivity (Wildman–Crippen MR) is 71.9 cm³/mol. The number of hydrogen-bond donors (Lipinski definition) is 1. The Morgan fingerprint density at radius 1 is 1.42 bits per heavy atom. The van der Waals surface area contributed by atoms with Crippen molar-refractivity contribution in [1.29, 1.82) is 0 Å². The summed E-state index contributed by atoms with van der Waals surface area (Å²) in [6, 6.07) is 4.59.